The molecule has 11 amide bonds. The van der Waals surface area contributed by atoms with E-state index in [-0.39, 0.29) is 93.6 Å². The second-order valence-electron chi connectivity index (χ2n) is 29.2. The fourth-order valence-electron chi connectivity index (χ4n) is 14.0. The minimum absolute atomic E-state index is 0.00639. The number of urea groups is 1. The highest BCUT2D eigenvalue weighted by molar-refractivity contribution is 5.99. The van der Waals surface area contributed by atoms with Crippen molar-refractivity contribution in [3.05, 3.63) is 94.8 Å². The first-order valence-corrected chi connectivity index (χ1v) is 36.7. The van der Waals surface area contributed by atoms with Crippen molar-refractivity contribution in [2.24, 2.45) is 41.2 Å². The molecule has 3 aromatic carbocycles. The van der Waals surface area contributed by atoms with E-state index in [1.807, 2.05) is 90.9 Å². The van der Waals surface area contributed by atoms with Crippen LogP contribution in [-0.2, 0) is 70.4 Å². The van der Waals surface area contributed by atoms with Crippen LogP contribution in [0.4, 0.5) is 32.4 Å². The van der Waals surface area contributed by atoms with Crippen molar-refractivity contribution in [1.82, 2.24) is 51.5 Å². The maximum absolute atomic E-state index is 14.7. The van der Waals surface area contributed by atoms with Gasteiger partial charge in [0.15, 0.2) is 0 Å². The maximum atomic E-state index is 14.7. The van der Waals surface area contributed by atoms with Crippen LogP contribution in [0.25, 0.3) is 0 Å². The van der Waals surface area contributed by atoms with E-state index in [2.05, 4.69) is 42.0 Å². The number of likely N-dealkylation sites (tertiary alicyclic amines) is 2. The number of unbranched alkanes of at least 4 members (excludes halogenated alkanes) is 1. The molecule has 26 nitrogen and oxygen atoms in total. The van der Waals surface area contributed by atoms with E-state index in [0.717, 1.165) is 5.56 Å². The van der Waals surface area contributed by atoms with Gasteiger partial charge in [-0.1, -0.05) is 111 Å². The van der Waals surface area contributed by atoms with Crippen molar-refractivity contribution >= 4 is 70.9 Å². The van der Waals surface area contributed by atoms with Crippen LogP contribution in [0.15, 0.2) is 54.6 Å². The van der Waals surface area contributed by atoms with E-state index in [9.17, 15) is 74.7 Å². The lowest BCUT2D eigenvalue weighted by atomic mass is 9.89. The molecule has 9 N–H and O–H groups in total. The zero-order valence-electron chi connectivity index (χ0n) is 64.2. The van der Waals surface area contributed by atoms with E-state index < -0.39 is 167 Å². The number of anilines is 1. The van der Waals surface area contributed by atoms with Crippen molar-refractivity contribution in [3.63, 3.8) is 0 Å². The molecule has 2 saturated heterocycles. The standard InChI is InChI=1S/C76H111F5N12O14/c1-16-44(8)66(91(13)74(102)64(42(4)5)89-73(101)65(43(6)7)90(11)12)54(105-14)39-57(96)93-35-22-26-53(93)67(106-15)46(10)69(97)87-52(38-47-23-18-17-19-24-47)70(98)84-40-48-27-29-50(30-28-48)85-71(99)51(25-20-21-34-83-76(82)104)86-72(100)63(41(2)3)88-55(94)31-32-56(95)92-36-33-49(37-45(92)9)75(103)107-68-61(80)59(78)58(77)60(79)62(68)81/h17-19,23-24,27-30,41-46,49,51-54,63-67H,16,20-22,25-26,31-40H2,1-15H3,(H,84,98)(H,85,99)(H,86,100)(H,87,97)(H,88,94)(H,89,101)(H3,82,83,104)/t44-,45+,46+,49+,51-,52-,53-,54+,63-,64-,65-,66-,67+/m0/s1. The fraction of sp³-hybridized carbons (Fsp3) is 0.618. The molecule has 0 saturated carbocycles. The lowest BCUT2D eigenvalue weighted by Crippen LogP contribution is -2.59. The molecule has 3 aromatic rings. The highest BCUT2D eigenvalue weighted by Crippen LogP contribution is 2.34. The number of methoxy groups -OCH3 is 2. The number of piperidine rings is 1. The average Bonchev–Trinajstić information content (AvgIpc) is 1.79. The molecule has 2 aliphatic rings. The normalized spacial score (nSPS) is 18.0. The summed E-state index contributed by atoms with van der Waals surface area (Å²) in [4.78, 5) is 157. The number of likely N-dealkylation sites (N-methyl/N-ethyl adjacent to an activating group) is 2. The number of primary amides is 1. The number of carbonyl (C=O) groups is 11. The zero-order chi connectivity index (χ0) is 79.8. The predicted octanol–water partition coefficient (Wildman–Crippen LogP) is 6.79. The van der Waals surface area contributed by atoms with Crippen LogP contribution in [0.3, 0.4) is 0 Å². The number of hydrogen-bond donors (Lipinski definition) is 8. The highest BCUT2D eigenvalue weighted by Gasteiger charge is 2.45. The molecule has 0 unspecified atom stereocenters. The van der Waals surface area contributed by atoms with Gasteiger partial charge in [0.25, 0.3) is 0 Å². The van der Waals surface area contributed by atoms with E-state index in [4.69, 9.17) is 15.2 Å². The minimum Gasteiger partial charge on any atom is -0.420 e. The van der Waals surface area contributed by atoms with E-state index >= 15 is 0 Å². The molecule has 31 heteroatoms. The van der Waals surface area contributed by atoms with Crippen molar-refractivity contribution in [2.75, 3.05) is 60.3 Å². The number of hydrogen-bond acceptors (Lipinski definition) is 15. The van der Waals surface area contributed by atoms with Gasteiger partial charge in [-0.2, -0.15) is 8.78 Å². The number of amides is 11. The van der Waals surface area contributed by atoms with Gasteiger partial charge in [0.1, 0.15) is 24.2 Å². The molecule has 5 rings (SSSR count). The Hall–Kier alpha value is -8.84. The van der Waals surface area contributed by atoms with Gasteiger partial charge in [0.2, 0.25) is 88.0 Å². The van der Waals surface area contributed by atoms with Gasteiger partial charge < -0.3 is 71.9 Å². The van der Waals surface area contributed by atoms with E-state index in [1.165, 1.54) is 19.1 Å². The van der Waals surface area contributed by atoms with Gasteiger partial charge in [-0.25, -0.2) is 18.0 Å². The second kappa shape index (κ2) is 42.1. The number of esters is 1. The molecule has 0 radical (unpaired) electrons. The number of nitrogens with one attached hydrogen (secondary N) is 7. The molecule has 0 aromatic heterocycles. The molecular formula is C76H111F5N12O14. The summed E-state index contributed by atoms with van der Waals surface area (Å²) >= 11 is 0. The van der Waals surface area contributed by atoms with Crippen molar-refractivity contribution in [3.8, 4) is 5.75 Å². The first-order chi connectivity index (χ1) is 50.5. The lowest BCUT2D eigenvalue weighted by Gasteiger charge is -2.41. The van der Waals surface area contributed by atoms with Crippen LogP contribution < -0.4 is 47.7 Å². The number of nitrogens with two attached hydrogens (primary N) is 1. The minimum atomic E-state index is -2.42. The Bertz CT molecular complexity index is 3500. The Morgan fingerprint density at radius 3 is 1.80 bits per heavy atom. The second-order valence-corrected chi connectivity index (χ2v) is 29.2. The zero-order valence-corrected chi connectivity index (χ0v) is 64.2. The number of rotatable bonds is 39. The summed E-state index contributed by atoms with van der Waals surface area (Å²) in [7, 11) is 8.32. The summed E-state index contributed by atoms with van der Waals surface area (Å²) < 4.78 is 86.4. The molecule has 594 valence electrons. The maximum Gasteiger partial charge on any atom is 0.314 e. The van der Waals surface area contributed by atoms with Gasteiger partial charge in [0, 0.05) is 78.4 Å². The molecule has 13 atom stereocenters. The Kier molecular flexibility index (Phi) is 34.9. The van der Waals surface area contributed by atoms with Gasteiger partial charge in [-0.05, 0) is 113 Å². The van der Waals surface area contributed by atoms with Crippen molar-refractivity contribution in [1.29, 1.82) is 0 Å². The van der Waals surface area contributed by atoms with Crippen LogP contribution >= 0.6 is 0 Å². The Morgan fingerprint density at radius 1 is 0.626 bits per heavy atom. The Balaban J connectivity index is 1.21. The van der Waals surface area contributed by atoms with E-state index in [0.29, 0.717) is 49.9 Å². The third-order valence-corrected chi connectivity index (χ3v) is 20.1. The Labute approximate surface area is 624 Å². The molecule has 0 aliphatic carbocycles. The SMILES string of the molecule is CC[C@H](C)[C@@H]([C@@H](CC(=O)N1CCC[C@H]1[C@H](OC)[C@@H](C)C(=O)N[C@@H](Cc1ccccc1)C(=O)NCc1ccc(NC(=O)[C@H](CCCCNC(N)=O)NC(=O)[C@@H](NC(=O)CCC(=O)N2CC[C@@H](C(=O)Oc3c(F)c(F)c(F)c(F)c3F)C[C@H]2C)C(C)C)cc1)OC)N(C)C(=O)[C@@H](NC(=O)[C@H](C(C)C)N(C)C)C(C)C. The van der Waals surface area contributed by atoms with Crippen molar-refractivity contribution < 1.29 is 88.9 Å². The van der Waals surface area contributed by atoms with Gasteiger partial charge in [-0.15, -0.1) is 0 Å². The molecule has 2 heterocycles. The van der Waals surface area contributed by atoms with Crippen LogP contribution in [0.1, 0.15) is 151 Å². The van der Waals surface area contributed by atoms with Gasteiger partial charge in [0.05, 0.1) is 48.6 Å². The summed E-state index contributed by atoms with van der Waals surface area (Å²) in [5.74, 6) is -21.9. The number of benzene rings is 3. The van der Waals surface area contributed by atoms with Crippen molar-refractivity contribution in [2.45, 2.75) is 213 Å². The fourth-order valence-corrected chi connectivity index (χ4v) is 14.0. The van der Waals surface area contributed by atoms with Crippen LogP contribution in [0, 0.1) is 64.6 Å². The topological polar surface area (TPSA) is 339 Å². The molecule has 2 aliphatic heterocycles. The summed E-state index contributed by atoms with van der Waals surface area (Å²) in [5.41, 5.74) is 6.92. The summed E-state index contributed by atoms with van der Waals surface area (Å²) in [6.45, 7) is 18.7. The largest absolute Gasteiger partial charge is 0.420 e. The molecule has 2 fully saturated rings. The molecule has 107 heavy (non-hydrogen) atoms. The lowest BCUT2D eigenvalue weighted by molar-refractivity contribution is -0.148. The monoisotopic (exact) mass is 1510 g/mol. The molecule has 0 bridgehead atoms. The average molecular weight is 1510 g/mol. The number of halogens is 5. The highest BCUT2D eigenvalue weighted by atomic mass is 19.2. The third kappa shape index (κ3) is 24.9. The smallest absolute Gasteiger partial charge is 0.314 e. The quantitative estimate of drug-likeness (QED) is 0.00728. The number of nitrogens with zero attached hydrogens (tertiary/aromatic N) is 4. The van der Waals surface area contributed by atoms with Gasteiger partial charge in [-0.3, -0.25) is 52.8 Å². The number of carbonyl (C=O) groups excluding carboxylic acids is 11. The first-order valence-electron chi connectivity index (χ1n) is 36.7. The first kappa shape index (κ1) is 88.8. The number of ether oxygens (including phenoxy) is 3. The Morgan fingerprint density at radius 2 is 1.24 bits per heavy atom. The third-order valence-electron chi connectivity index (χ3n) is 20.1. The predicted molar refractivity (Wildman–Crippen MR) is 389 cm³/mol. The van der Waals surface area contributed by atoms with Crippen LogP contribution in [0.2, 0.25) is 0 Å². The molecule has 0 spiro atoms. The van der Waals surface area contributed by atoms with Crippen LogP contribution in [-0.4, -0.2) is 200 Å². The summed E-state index contributed by atoms with van der Waals surface area (Å²) in [6, 6.07) is 8.29. The van der Waals surface area contributed by atoms with Crippen LogP contribution in [0.5, 0.6) is 5.75 Å². The summed E-state index contributed by atoms with van der Waals surface area (Å²) in [5, 5.41) is 19.6. The molecular weight excluding hydrogens is 1400 g/mol. The van der Waals surface area contributed by atoms with E-state index in [1.54, 1.807) is 68.8 Å². The summed E-state index contributed by atoms with van der Waals surface area (Å²) in [6.07, 6.45) is 0.0839. The van der Waals surface area contributed by atoms with Gasteiger partial charge >= 0.3 is 12.0 Å².